The Hall–Kier alpha value is 0.730. The van der Waals surface area contributed by atoms with Crippen molar-refractivity contribution < 1.29 is 4.79 Å². The van der Waals surface area contributed by atoms with E-state index in [1.54, 1.807) is 14.1 Å². The van der Waals surface area contributed by atoms with Crippen molar-refractivity contribution in [3.63, 3.8) is 0 Å². The zero-order chi connectivity index (χ0) is 4.28. The van der Waals surface area contributed by atoms with E-state index in [9.17, 15) is 4.79 Å². The quantitative estimate of drug-likeness (QED) is 0.326. The van der Waals surface area contributed by atoms with Crippen LogP contribution in [0.15, 0.2) is 0 Å². The van der Waals surface area contributed by atoms with E-state index in [-0.39, 0.29) is 37.7 Å². The summed E-state index contributed by atoms with van der Waals surface area (Å²) in [5.41, 5.74) is 0. The van der Waals surface area contributed by atoms with Crippen LogP contribution in [-0.2, 0) is 4.79 Å². The fourth-order valence-corrected chi connectivity index (χ4v) is 0. The van der Waals surface area contributed by atoms with Gasteiger partial charge in [-0.2, -0.15) is 0 Å². The van der Waals surface area contributed by atoms with Gasteiger partial charge in [-0.3, -0.25) is 4.79 Å². The van der Waals surface area contributed by atoms with Gasteiger partial charge in [0, 0.05) is 51.8 Å². The second-order valence-corrected chi connectivity index (χ2v) is 1.07. The Balaban J connectivity index is 0. The van der Waals surface area contributed by atoms with Crippen LogP contribution in [-0.4, -0.2) is 63.1 Å². The maximum Gasteiger partial charge on any atom is 0.209 e. The van der Waals surface area contributed by atoms with Crippen LogP contribution >= 0.6 is 0 Å². The summed E-state index contributed by atoms with van der Waals surface area (Å²) in [6.45, 7) is 0. The van der Waals surface area contributed by atoms with Gasteiger partial charge in [0.05, 0.1) is 0 Å². The fourth-order valence-electron chi connectivity index (χ4n) is 0. The molecule has 0 bridgehead atoms. The molecule has 0 unspecified atom stereocenters. The van der Waals surface area contributed by atoms with Crippen LogP contribution in [0.4, 0.5) is 0 Å². The van der Waals surface area contributed by atoms with Crippen LogP contribution in [0.3, 0.4) is 0 Å². The zero-order valence-electron chi connectivity index (χ0n) is 4.14. The normalized spacial score (nSPS) is 5.67. The van der Waals surface area contributed by atoms with Crippen molar-refractivity contribution >= 4 is 44.1 Å². The van der Waals surface area contributed by atoms with Crippen molar-refractivity contribution in [3.05, 3.63) is 0 Å². The molecule has 0 rings (SSSR count). The van der Waals surface area contributed by atoms with Crippen LogP contribution < -0.4 is 0 Å². The molecular weight excluding hydrogens is 106 g/mol. The molecule has 0 saturated heterocycles. The molecule has 0 fully saturated rings. The van der Waals surface area contributed by atoms with Crippen molar-refractivity contribution in [2.45, 2.75) is 0 Å². The number of hydrogen-bond donors (Lipinski definition) is 0. The number of carbonyl (C=O) groups excluding carboxylic acids is 1. The summed E-state index contributed by atoms with van der Waals surface area (Å²) in [4.78, 5) is 10.9. The first-order valence-electron chi connectivity index (χ1n) is 1.39. The first-order valence-corrected chi connectivity index (χ1v) is 1.39. The number of carbonyl (C=O) groups is 1. The van der Waals surface area contributed by atoms with E-state index in [0.29, 0.717) is 0 Å². The second kappa shape index (κ2) is 5.73. The molecule has 1 amide bonds. The van der Waals surface area contributed by atoms with E-state index < -0.39 is 0 Å². The summed E-state index contributed by atoms with van der Waals surface area (Å²) in [7, 11) is 3.38. The number of hydrogen-bond acceptors (Lipinski definition) is 1. The molecule has 0 aromatic rings. The topological polar surface area (TPSA) is 20.3 Å². The van der Waals surface area contributed by atoms with Gasteiger partial charge in [0.15, 0.2) is 0 Å². The molecule has 0 aliphatic heterocycles. The van der Waals surface area contributed by atoms with Crippen molar-refractivity contribution in [3.8, 4) is 0 Å². The number of rotatable bonds is 1. The van der Waals surface area contributed by atoms with E-state index in [4.69, 9.17) is 0 Å². The summed E-state index contributed by atoms with van der Waals surface area (Å²) in [6.07, 6.45) is 0.750. The molecule has 2 radical (unpaired) electrons. The minimum atomic E-state index is 0. The average molecular weight is 113 g/mol. The van der Waals surface area contributed by atoms with E-state index in [0.717, 1.165) is 6.41 Å². The van der Waals surface area contributed by atoms with E-state index in [1.807, 2.05) is 0 Å². The van der Waals surface area contributed by atoms with Crippen molar-refractivity contribution in [1.82, 2.24) is 4.90 Å². The van der Waals surface area contributed by atoms with Gasteiger partial charge >= 0.3 is 0 Å². The van der Waals surface area contributed by atoms with Gasteiger partial charge < -0.3 is 4.90 Å². The van der Waals surface area contributed by atoms with Gasteiger partial charge in [0.1, 0.15) is 0 Å². The first kappa shape index (κ1) is 9.88. The van der Waals surface area contributed by atoms with Crippen molar-refractivity contribution in [2.75, 3.05) is 14.1 Å². The van der Waals surface area contributed by atoms with Crippen LogP contribution in [0.2, 0.25) is 0 Å². The average Bonchev–Trinajstić information content (AvgIpc) is 1.38. The molecule has 32 valence electrons. The largest absolute Gasteiger partial charge is 0.351 e. The Kier molecular flexibility index (Phi) is 9.43. The molecule has 0 aromatic heterocycles. The number of nitrogens with zero attached hydrogens (tertiary/aromatic N) is 1. The maximum atomic E-state index is 9.43. The summed E-state index contributed by atoms with van der Waals surface area (Å²) in [6, 6.07) is 0. The van der Waals surface area contributed by atoms with Gasteiger partial charge in [-0.25, -0.2) is 0 Å². The molecular formula is C3H7CaNO. The smallest absolute Gasteiger partial charge is 0.209 e. The van der Waals surface area contributed by atoms with Crippen molar-refractivity contribution in [2.24, 2.45) is 0 Å². The predicted molar refractivity (Wildman–Crippen MR) is 25.5 cm³/mol. The molecule has 0 saturated carbocycles. The Labute approximate surface area is 67.5 Å². The van der Waals surface area contributed by atoms with Crippen LogP contribution in [0.1, 0.15) is 0 Å². The zero-order valence-corrected chi connectivity index (χ0v) is 6.35. The third kappa shape index (κ3) is 8.83. The molecule has 2 nitrogen and oxygen atoms in total. The summed E-state index contributed by atoms with van der Waals surface area (Å²) < 4.78 is 0. The van der Waals surface area contributed by atoms with Crippen LogP contribution in [0, 0.1) is 0 Å². The fraction of sp³-hybridized carbons (Fsp3) is 0.667. The number of amides is 1. The van der Waals surface area contributed by atoms with Gasteiger partial charge in [-0.15, -0.1) is 0 Å². The molecule has 0 atom stereocenters. The minimum absolute atomic E-state index is 0. The molecule has 0 aliphatic rings. The Morgan fingerprint density at radius 2 is 1.67 bits per heavy atom. The van der Waals surface area contributed by atoms with Crippen molar-refractivity contribution in [1.29, 1.82) is 0 Å². The van der Waals surface area contributed by atoms with Crippen LogP contribution in [0.5, 0.6) is 0 Å². The Morgan fingerprint density at radius 1 is 1.50 bits per heavy atom. The standard InChI is InChI=1S/C3H7NO.Ca/c1-4(2)3-5;/h3H,1-2H3;. The second-order valence-electron chi connectivity index (χ2n) is 1.07. The maximum absolute atomic E-state index is 9.43. The van der Waals surface area contributed by atoms with E-state index in [2.05, 4.69) is 0 Å². The van der Waals surface area contributed by atoms with Gasteiger partial charge in [-0.05, 0) is 0 Å². The molecule has 0 N–H and O–H groups in total. The molecule has 6 heavy (non-hydrogen) atoms. The summed E-state index contributed by atoms with van der Waals surface area (Å²) in [5.74, 6) is 0. The molecule has 0 heterocycles. The Bertz CT molecular complexity index is 37.8. The SMILES string of the molecule is CN(C)C=O.[Ca]. The minimum Gasteiger partial charge on any atom is -0.351 e. The summed E-state index contributed by atoms with van der Waals surface area (Å²) >= 11 is 0. The summed E-state index contributed by atoms with van der Waals surface area (Å²) in [5, 5.41) is 0. The third-order valence-corrected chi connectivity index (χ3v) is 0.211. The molecule has 0 aromatic carbocycles. The first-order chi connectivity index (χ1) is 2.27. The third-order valence-electron chi connectivity index (χ3n) is 0.211. The van der Waals surface area contributed by atoms with Crippen LogP contribution in [0.25, 0.3) is 0 Å². The molecule has 0 aliphatic carbocycles. The van der Waals surface area contributed by atoms with Gasteiger partial charge in [0.25, 0.3) is 0 Å². The van der Waals surface area contributed by atoms with E-state index in [1.165, 1.54) is 4.90 Å². The van der Waals surface area contributed by atoms with E-state index >= 15 is 0 Å². The van der Waals surface area contributed by atoms with Gasteiger partial charge in [-0.1, -0.05) is 0 Å². The molecule has 0 spiro atoms. The molecule has 3 heteroatoms. The monoisotopic (exact) mass is 113 g/mol. The predicted octanol–water partition coefficient (Wildman–Crippen LogP) is -0.676. The van der Waals surface area contributed by atoms with Gasteiger partial charge in [0.2, 0.25) is 6.41 Å². The Morgan fingerprint density at radius 3 is 1.67 bits per heavy atom.